The molecule has 0 amide bonds. The van der Waals surface area contributed by atoms with Crippen molar-refractivity contribution >= 4 is 17.8 Å². The molecule has 110 valence electrons. The Bertz CT molecular complexity index is 474. The van der Waals surface area contributed by atoms with Gasteiger partial charge < -0.3 is 14.8 Å². The van der Waals surface area contributed by atoms with Crippen LogP contribution >= 0.6 is 0 Å². The molecule has 1 rings (SSSR count). The minimum absolute atomic E-state index is 0.181. The van der Waals surface area contributed by atoms with Crippen molar-refractivity contribution in [2.75, 3.05) is 18.5 Å². The lowest BCUT2D eigenvalue weighted by molar-refractivity contribution is -0.146. The summed E-state index contributed by atoms with van der Waals surface area (Å²) >= 11 is 0. The maximum absolute atomic E-state index is 11.7. The summed E-state index contributed by atoms with van der Waals surface area (Å²) in [6.45, 7) is 6.37. The molecule has 1 heterocycles. The van der Waals surface area contributed by atoms with Crippen LogP contribution in [0.2, 0.25) is 0 Å². The number of carbonyl (C=O) groups is 2. The lowest BCUT2D eigenvalue weighted by atomic mass is 10.3. The van der Waals surface area contributed by atoms with E-state index in [1.807, 2.05) is 6.92 Å². The number of hydrogen-bond acceptors (Lipinski definition) is 6. The molecule has 7 heteroatoms. The highest BCUT2D eigenvalue weighted by Crippen LogP contribution is 2.06. The van der Waals surface area contributed by atoms with Crippen molar-refractivity contribution in [1.82, 2.24) is 9.78 Å². The van der Waals surface area contributed by atoms with Crippen LogP contribution in [0.4, 0.5) is 5.82 Å². The predicted octanol–water partition coefficient (Wildman–Crippen LogP) is 1.32. The Morgan fingerprint density at radius 3 is 2.30 bits per heavy atom. The van der Waals surface area contributed by atoms with Gasteiger partial charge in [0.2, 0.25) is 0 Å². The van der Waals surface area contributed by atoms with Crippen LogP contribution < -0.4 is 5.32 Å². The summed E-state index contributed by atoms with van der Waals surface area (Å²) < 4.78 is 11.3. The maximum Gasteiger partial charge on any atom is 0.347 e. The topological polar surface area (TPSA) is 82.5 Å². The van der Waals surface area contributed by atoms with Crippen molar-refractivity contribution in [3.63, 3.8) is 0 Å². The Morgan fingerprint density at radius 2 is 1.85 bits per heavy atom. The average molecular weight is 281 g/mol. The van der Waals surface area contributed by atoms with E-state index >= 15 is 0 Å². The lowest BCUT2D eigenvalue weighted by Gasteiger charge is -2.06. The van der Waals surface area contributed by atoms with Crippen molar-refractivity contribution in [1.29, 1.82) is 0 Å². The quantitative estimate of drug-likeness (QED) is 0.351. The third kappa shape index (κ3) is 4.42. The van der Waals surface area contributed by atoms with Crippen LogP contribution in [0.15, 0.2) is 24.0 Å². The molecule has 20 heavy (non-hydrogen) atoms. The zero-order valence-electron chi connectivity index (χ0n) is 11.9. The van der Waals surface area contributed by atoms with Crippen molar-refractivity contribution in [3.05, 3.63) is 24.0 Å². The van der Waals surface area contributed by atoms with Crippen LogP contribution in [0, 0.1) is 0 Å². The van der Waals surface area contributed by atoms with E-state index in [2.05, 4.69) is 10.4 Å². The molecule has 0 saturated carbocycles. The first-order chi connectivity index (χ1) is 9.62. The monoisotopic (exact) mass is 281 g/mol. The van der Waals surface area contributed by atoms with Crippen LogP contribution in [0.5, 0.6) is 0 Å². The summed E-state index contributed by atoms with van der Waals surface area (Å²) in [6.07, 6.45) is 3.03. The van der Waals surface area contributed by atoms with Gasteiger partial charge in [0.25, 0.3) is 0 Å². The van der Waals surface area contributed by atoms with Gasteiger partial charge in [0, 0.05) is 25.0 Å². The molecule has 0 spiro atoms. The first-order valence-corrected chi connectivity index (χ1v) is 6.46. The summed E-state index contributed by atoms with van der Waals surface area (Å²) in [7, 11) is 0. The molecule has 1 aromatic heterocycles. The normalized spacial score (nSPS) is 9.75. The van der Waals surface area contributed by atoms with Gasteiger partial charge in [-0.3, -0.25) is 4.68 Å². The zero-order chi connectivity index (χ0) is 15.0. The first kappa shape index (κ1) is 15.7. The number of esters is 2. The molecule has 0 saturated heterocycles. The third-order valence-corrected chi connectivity index (χ3v) is 2.32. The van der Waals surface area contributed by atoms with Gasteiger partial charge in [-0.25, -0.2) is 9.59 Å². The smallest absolute Gasteiger partial charge is 0.347 e. The molecule has 0 fully saturated rings. The van der Waals surface area contributed by atoms with Crippen molar-refractivity contribution in [3.8, 4) is 0 Å². The van der Waals surface area contributed by atoms with E-state index in [1.165, 1.54) is 6.20 Å². The van der Waals surface area contributed by atoms with Gasteiger partial charge >= 0.3 is 11.9 Å². The summed E-state index contributed by atoms with van der Waals surface area (Å²) in [5.74, 6) is -0.931. The summed E-state index contributed by atoms with van der Waals surface area (Å²) in [5.41, 5.74) is -0.195. The van der Waals surface area contributed by atoms with E-state index < -0.39 is 11.9 Å². The third-order valence-electron chi connectivity index (χ3n) is 2.32. The molecule has 1 N–H and O–H groups in total. The molecule has 0 bridgehead atoms. The van der Waals surface area contributed by atoms with E-state index in [9.17, 15) is 9.59 Å². The number of rotatable bonds is 7. The Kier molecular flexibility index (Phi) is 6.28. The summed E-state index contributed by atoms with van der Waals surface area (Å²) in [6, 6.07) is 1.73. The van der Waals surface area contributed by atoms with Gasteiger partial charge in [0.05, 0.1) is 13.2 Å². The van der Waals surface area contributed by atoms with Gasteiger partial charge in [0.15, 0.2) is 11.4 Å². The Labute approximate surface area is 117 Å². The average Bonchev–Trinajstić information content (AvgIpc) is 2.87. The van der Waals surface area contributed by atoms with Crippen LogP contribution in [-0.4, -0.2) is 34.9 Å². The van der Waals surface area contributed by atoms with E-state index in [4.69, 9.17) is 9.47 Å². The molecule has 0 aliphatic rings. The number of carbonyl (C=O) groups excluding carboxylic acids is 2. The summed E-state index contributed by atoms with van der Waals surface area (Å²) in [5, 5.41) is 6.95. The summed E-state index contributed by atoms with van der Waals surface area (Å²) in [4.78, 5) is 23.4. The zero-order valence-corrected chi connectivity index (χ0v) is 11.9. The molecule has 7 nitrogen and oxygen atoms in total. The predicted molar refractivity (Wildman–Crippen MR) is 72.9 cm³/mol. The minimum atomic E-state index is -0.728. The van der Waals surface area contributed by atoms with Gasteiger partial charge in [-0.2, -0.15) is 5.10 Å². The molecule has 0 radical (unpaired) electrons. The Morgan fingerprint density at radius 1 is 1.25 bits per heavy atom. The second kappa shape index (κ2) is 7.98. The van der Waals surface area contributed by atoms with E-state index in [0.717, 1.165) is 6.54 Å². The highest BCUT2D eigenvalue weighted by Gasteiger charge is 2.20. The van der Waals surface area contributed by atoms with Crippen LogP contribution in [-0.2, 0) is 25.6 Å². The van der Waals surface area contributed by atoms with E-state index in [-0.39, 0.29) is 18.8 Å². The number of hydrogen-bond donors (Lipinski definition) is 1. The van der Waals surface area contributed by atoms with Crippen LogP contribution in [0.3, 0.4) is 0 Å². The lowest BCUT2D eigenvalue weighted by Crippen LogP contribution is -2.19. The number of ether oxygens (including phenoxy) is 2. The number of anilines is 1. The molecule has 0 atom stereocenters. The second-order valence-corrected chi connectivity index (χ2v) is 3.70. The maximum atomic E-state index is 11.7. The van der Waals surface area contributed by atoms with Gasteiger partial charge in [-0.15, -0.1) is 0 Å². The number of aryl methyl sites for hydroxylation is 1. The molecule has 0 aliphatic carbocycles. The Hall–Kier alpha value is -2.31. The van der Waals surface area contributed by atoms with Crippen LogP contribution in [0.1, 0.15) is 20.8 Å². The number of aromatic nitrogens is 2. The first-order valence-electron chi connectivity index (χ1n) is 6.46. The highest BCUT2D eigenvalue weighted by molar-refractivity contribution is 6.14. The number of nitrogens with one attached hydrogen (secondary N) is 1. The van der Waals surface area contributed by atoms with E-state index in [0.29, 0.717) is 5.82 Å². The second-order valence-electron chi connectivity index (χ2n) is 3.70. The van der Waals surface area contributed by atoms with Crippen molar-refractivity contribution in [2.24, 2.45) is 0 Å². The van der Waals surface area contributed by atoms with Crippen LogP contribution in [0.25, 0.3) is 0 Å². The van der Waals surface area contributed by atoms with E-state index in [1.54, 1.807) is 30.8 Å². The molecular weight excluding hydrogens is 262 g/mol. The number of nitrogens with zero attached hydrogens (tertiary/aromatic N) is 2. The molecule has 1 aromatic rings. The fourth-order valence-electron chi connectivity index (χ4n) is 1.38. The minimum Gasteiger partial charge on any atom is -0.462 e. The Balaban J connectivity index is 2.83. The molecule has 0 unspecified atom stereocenters. The van der Waals surface area contributed by atoms with Gasteiger partial charge in [0.1, 0.15) is 0 Å². The molecule has 0 aromatic carbocycles. The standard InChI is InChI=1S/C13H19N3O4/c1-4-16-8-7-11(15-16)14-9-10(12(17)19-5-2)13(18)20-6-3/h7-9H,4-6H2,1-3H3,(H,14,15). The highest BCUT2D eigenvalue weighted by atomic mass is 16.6. The van der Waals surface area contributed by atoms with Gasteiger partial charge in [-0.1, -0.05) is 0 Å². The van der Waals surface area contributed by atoms with Gasteiger partial charge in [-0.05, 0) is 20.8 Å². The molecular formula is C13H19N3O4. The fraction of sp³-hybridized carbons (Fsp3) is 0.462. The molecule has 0 aliphatic heterocycles. The fourth-order valence-corrected chi connectivity index (χ4v) is 1.38. The largest absolute Gasteiger partial charge is 0.462 e. The van der Waals surface area contributed by atoms with Crippen molar-refractivity contribution in [2.45, 2.75) is 27.3 Å². The SMILES string of the molecule is CCOC(=O)C(=CNc1ccn(CC)n1)C(=O)OCC. The van der Waals surface area contributed by atoms with Crippen molar-refractivity contribution < 1.29 is 19.1 Å².